The Morgan fingerprint density at radius 2 is 1.90 bits per heavy atom. The second kappa shape index (κ2) is 8.02. The minimum Gasteiger partial charge on any atom is -0.444 e. The van der Waals surface area contributed by atoms with Crippen molar-refractivity contribution >= 4 is 17.0 Å². The Hall–Kier alpha value is -3.61. The molecular formula is C23H25N5O2. The largest absolute Gasteiger partial charge is 0.444 e. The maximum absolute atomic E-state index is 11.4. The predicted octanol–water partition coefficient (Wildman–Crippen LogP) is 4.54. The van der Waals surface area contributed by atoms with Gasteiger partial charge in [0.2, 0.25) is 0 Å². The number of fused-ring (bicyclic) bond motifs is 1. The highest BCUT2D eigenvalue weighted by atomic mass is 16.6. The van der Waals surface area contributed by atoms with E-state index in [1.54, 1.807) is 12.4 Å². The molecule has 3 heterocycles. The summed E-state index contributed by atoms with van der Waals surface area (Å²) in [5.41, 5.74) is 8.68. The molecular weight excluding hydrogens is 378 g/mol. The molecule has 1 aromatic carbocycles. The van der Waals surface area contributed by atoms with E-state index >= 15 is 0 Å². The van der Waals surface area contributed by atoms with E-state index in [1.165, 1.54) is 10.9 Å². The highest BCUT2D eigenvalue weighted by Gasteiger charge is 2.30. The number of amides is 1. The lowest BCUT2D eigenvalue weighted by Crippen LogP contribution is -2.33. The number of nitrogens with zero attached hydrogens (tertiary/aromatic N) is 2. The van der Waals surface area contributed by atoms with Gasteiger partial charge in [0.1, 0.15) is 11.4 Å². The van der Waals surface area contributed by atoms with Crippen molar-refractivity contribution in [3.05, 3.63) is 72.6 Å². The van der Waals surface area contributed by atoms with Crippen LogP contribution < -0.4 is 5.73 Å². The van der Waals surface area contributed by atoms with Crippen LogP contribution in [0.2, 0.25) is 0 Å². The van der Waals surface area contributed by atoms with Crippen molar-refractivity contribution < 1.29 is 9.53 Å². The van der Waals surface area contributed by atoms with E-state index < -0.39 is 11.7 Å². The van der Waals surface area contributed by atoms with Crippen molar-refractivity contribution in [1.29, 1.82) is 0 Å². The molecule has 4 rings (SSSR count). The number of pyridine rings is 1. The number of aromatic amines is 2. The van der Waals surface area contributed by atoms with Gasteiger partial charge in [0, 0.05) is 47.2 Å². The first-order chi connectivity index (χ1) is 14.4. The molecule has 7 heteroatoms. The van der Waals surface area contributed by atoms with E-state index in [0.717, 1.165) is 29.0 Å². The first-order valence-corrected chi connectivity index (χ1v) is 9.90. The molecule has 0 radical (unpaired) electrons. The molecule has 1 amide bonds. The van der Waals surface area contributed by atoms with Gasteiger partial charge in [-0.05, 0) is 50.5 Å². The van der Waals surface area contributed by atoms with Crippen LogP contribution in [0.25, 0.3) is 22.2 Å². The fraction of sp³-hybridized carbons (Fsp3) is 0.261. The highest BCUT2D eigenvalue weighted by Crippen LogP contribution is 2.33. The van der Waals surface area contributed by atoms with Gasteiger partial charge in [0.05, 0.1) is 5.69 Å². The monoisotopic (exact) mass is 403 g/mol. The molecule has 0 bridgehead atoms. The molecule has 0 spiro atoms. The van der Waals surface area contributed by atoms with Crippen LogP contribution in [0.1, 0.15) is 37.6 Å². The van der Waals surface area contributed by atoms with Gasteiger partial charge in [-0.1, -0.05) is 18.2 Å². The summed E-state index contributed by atoms with van der Waals surface area (Å²) < 4.78 is 5.37. The lowest BCUT2D eigenvalue weighted by Gasteiger charge is -2.28. The number of aromatic nitrogens is 4. The van der Waals surface area contributed by atoms with Crippen molar-refractivity contribution in [3.8, 4) is 11.3 Å². The molecule has 3 aromatic heterocycles. The molecule has 4 N–H and O–H groups in total. The molecule has 1 atom stereocenters. The molecule has 0 aliphatic carbocycles. The Balaban J connectivity index is 1.67. The SMILES string of the molecule is CC(C)(C[C@@H](Cc1c[nH]c2ccccc12)c1nc(-c2ccncc2)c[nH]1)OC(N)=O. The molecule has 30 heavy (non-hydrogen) atoms. The summed E-state index contributed by atoms with van der Waals surface area (Å²) in [6, 6.07) is 12.1. The third-order valence-electron chi connectivity index (χ3n) is 5.22. The Bertz CT molecular complexity index is 1150. The summed E-state index contributed by atoms with van der Waals surface area (Å²) in [5.74, 6) is 0.836. The summed E-state index contributed by atoms with van der Waals surface area (Å²) in [5, 5.41) is 1.18. The summed E-state index contributed by atoms with van der Waals surface area (Å²) >= 11 is 0. The van der Waals surface area contributed by atoms with E-state index in [0.29, 0.717) is 6.42 Å². The van der Waals surface area contributed by atoms with Crippen LogP contribution in [0.4, 0.5) is 4.79 Å². The topological polar surface area (TPSA) is 110 Å². The Labute approximate surface area is 174 Å². The minimum absolute atomic E-state index is 0.00542. The van der Waals surface area contributed by atoms with Crippen LogP contribution in [0, 0.1) is 0 Å². The zero-order valence-corrected chi connectivity index (χ0v) is 17.1. The second-order valence-corrected chi connectivity index (χ2v) is 8.05. The molecule has 0 unspecified atom stereocenters. The number of rotatable bonds is 7. The summed E-state index contributed by atoms with van der Waals surface area (Å²) in [4.78, 5) is 26.9. The van der Waals surface area contributed by atoms with Crippen LogP contribution in [-0.4, -0.2) is 31.6 Å². The zero-order chi connectivity index (χ0) is 21.1. The van der Waals surface area contributed by atoms with Crippen LogP contribution in [0.3, 0.4) is 0 Å². The molecule has 4 aromatic rings. The van der Waals surface area contributed by atoms with Crippen molar-refractivity contribution in [3.63, 3.8) is 0 Å². The molecule has 0 aliphatic rings. The number of nitrogens with one attached hydrogen (secondary N) is 2. The van der Waals surface area contributed by atoms with Gasteiger partial charge in [-0.3, -0.25) is 4.98 Å². The van der Waals surface area contributed by atoms with Crippen molar-refractivity contribution in [2.24, 2.45) is 5.73 Å². The maximum atomic E-state index is 11.4. The third kappa shape index (κ3) is 4.35. The number of nitrogens with two attached hydrogens (primary N) is 1. The Kier molecular flexibility index (Phi) is 5.27. The van der Waals surface area contributed by atoms with Gasteiger partial charge < -0.3 is 20.4 Å². The lowest BCUT2D eigenvalue weighted by atomic mass is 9.87. The minimum atomic E-state index is -0.775. The van der Waals surface area contributed by atoms with Gasteiger partial charge in [-0.15, -0.1) is 0 Å². The average molecular weight is 403 g/mol. The number of imidazole rings is 1. The van der Waals surface area contributed by atoms with Crippen LogP contribution in [0.5, 0.6) is 0 Å². The first-order valence-electron chi connectivity index (χ1n) is 9.90. The molecule has 7 nitrogen and oxygen atoms in total. The van der Waals surface area contributed by atoms with Crippen molar-refractivity contribution in [2.45, 2.75) is 38.2 Å². The van der Waals surface area contributed by atoms with Crippen LogP contribution >= 0.6 is 0 Å². The molecule has 154 valence electrons. The number of H-pyrrole nitrogens is 2. The third-order valence-corrected chi connectivity index (χ3v) is 5.22. The number of benzene rings is 1. The van der Waals surface area contributed by atoms with Gasteiger partial charge in [-0.2, -0.15) is 0 Å². The number of para-hydroxylation sites is 1. The van der Waals surface area contributed by atoms with E-state index in [1.807, 2.05) is 50.5 Å². The van der Waals surface area contributed by atoms with E-state index in [9.17, 15) is 4.79 Å². The van der Waals surface area contributed by atoms with Gasteiger partial charge in [0.25, 0.3) is 0 Å². The number of carbonyl (C=O) groups is 1. The van der Waals surface area contributed by atoms with Crippen molar-refractivity contribution in [1.82, 2.24) is 19.9 Å². The number of primary amides is 1. The van der Waals surface area contributed by atoms with E-state index in [4.69, 9.17) is 15.5 Å². The summed E-state index contributed by atoms with van der Waals surface area (Å²) in [7, 11) is 0. The normalized spacial score (nSPS) is 12.7. The molecule has 0 aliphatic heterocycles. The fourth-order valence-corrected chi connectivity index (χ4v) is 3.96. The molecule has 0 saturated carbocycles. The quantitative estimate of drug-likeness (QED) is 0.421. The van der Waals surface area contributed by atoms with Crippen LogP contribution in [0.15, 0.2) is 61.2 Å². The average Bonchev–Trinajstić information content (AvgIpc) is 3.35. The smallest absolute Gasteiger partial charge is 0.405 e. The first kappa shape index (κ1) is 19.7. The summed E-state index contributed by atoms with van der Waals surface area (Å²) in [6.07, 6.45) is 7.95. The predicted molar refractivity (Wildman–Crippen MR) is 116 cm³/mol. The van der Waals surface area contributed by atoms with E-state index in [2.05, 4.69) is 27.1 Å². The number of carbonyl (C=O) groups excluding carboxylic acids is 1. The number of ether oxygens (including phenoxy) is 1. The number of hydrogen-bond donors (Lipinski definition) is 3. The van der Waals surface area contributed by atoms with Crippen LogP contribution in [-0.2, 0) is 11.2 Å². The highest BCUT2D eigenvalue weighted by molar-refractivity contribution is 5.83. The van der Waals surface area contributed by atoms with Crippen molar-refractivity contribution in [2.75, 3.05) is 0 Å². The maximum Gasteiger partial charge on any atom is 0.405 e. The zero-order valence-electron chi connectivity index (χ0n) is 17.1. The lowest BCUT2D eigenvalue weighted by molar-refractivity contribution is 0.0331. The molecule has 0 saturated heterocycles. The Morgan fingerprint density at radius 3 is 2.67 bits per heavy atom. The summed E-state index contributed by atoms with van der Waals surface area (Å²) in [6.45, 7) is 3.74. The van der Waals surface area contributed by atoms with Gasteiger partial charge in [0.15, 0.2) is 0 Å². The van der Waals surface area contributed by atoms with Gasteiger partial charge in [-0.25, -0.2) is 9.78 Å². The van der Waals surface area contributed by atoms with E-state index in [-0.39, 0.29) is 5.92 Å². The fourth-order valence-electron chi connectivity index (χ4n) is 3.96. The Morgan fingerprint density at radius 1 is 1.13 bits per heavy atom. The number of hydrogen-bond acceptors (Lipinski definition) is 4. The standard InChI is InChI=1S/C23H25N5O2/c1-23(2,30-22(24)29)12-16(11-17-13-26-19-6-4-3-5-18(17)19)21-27-14-20(28-21)15-7-9-25-10-8-15/h3-10,13-14,16,26H,11-12H2,1-2H3,(H2,24,29)(H,27,28)/t16-/m1/s1. The van der Waals surface area contributed by atoms with Gasteiger partial charge >= 0.3 is 6.09 Å². The second-order valence-electron chi connectivity index (χ2n) is 8.05. The molecule has 0 fully saturated rings.